The van der Waals surface area contributed by atoms with Gasteiger partial charge >= 0.3 is 0 Å². The third kappa shape index (κ3) is 4.12. The first-order valence-corrected chi connectivity index (χ1v) is 9.36. The first-order valence-electron chi connectivity index (χ1n) is 9.36. The van der Waals surface area contributed by atoms with Gasteiger partial charge in [-0.3, -0.25) is 14.4 Å². The lowest BCUT2D eigenvalue weighted by molar-refractivity contribution is -0.120. The summed E-state index contributed by atoms with van der Waals surface area (Å²) in [4.78, 5) is 39.8. The van der Waals surface area contributed by atoms with Gasteiger partial charge in [0.25, 0.3) is 5.91 Å². The van der Waals surface area contributed by atoms with Crippen LogP contribution in [-0.4, -0.2) is 33.1 Å². The van der Waals surface area contributed by atoms with Crippen molar-refractivity contribution in [1.82, 2.24) is 25.4 Å². The number of para-hydroxylation sites is 1. The number of hydrogen-bond donors (Lipinski definition) is 3. The van der Waals surface area contributed by atoms with E-state index in [0.29, 0.717) is 17.4 Å². The number of rotatable bonds is 6. The van der Waals surface area contributed by atoms with Crippen molar-refractivity contribution in [1.29, 1.82) is 0 Å². The molecule has 150 valence electrons. The van der Waals surface area contributed by atoms with Gasteiger partial charge in [-0.2, -0.15) is 5.10 Å². The van der Waals surface area contributed by atoms with Crippen LogP contribution in [0.5, 0.6) is 0 Å². The fourth-order valence-electron chi connectivity index (χ4n) is 3.04. The molecule has 0 unspecified atom stereocenters. The molecule has 0 spiro atoms. The summed E-state index contributed by atoms with van der Waals surface area (Å²) < 4.78 is 1.74. The predicted octanol–water partition coefficient (Wildman–Crippen LogP) is 1.76. The Morgan fingerprint density at radius 1 is 1.00 bits per heavy atom. The van der Waals surface area contributed by atoms with Crippen LogP contribution in [0.4, 0.5) is 0 Å². The molecule has 4 rings (SSSR count). The zero-order chi connectivity index (χ0) is 20.9. The van der Waals surface area contributed by atoms with E-state index < -0.39 is 5.91 Å². The molecule has 8 nitrogen and oxygen atoms in total. The van der Waals surface area contributed by atoms with Crippen LogP contribution in [0.3, 0.4) is 0 Å². The smallest absolute Gasteiger partial charge is 0.257 e. The van der Waals surface area contributed by atoms with Crippen molar-refractivity contribution < 1.29 is 9.59 Å². The number of fused-ring (bicyclic) bond motifs is 1. The van der Waals surface area contributed by atoms with Gasteiger partial charge in [-0.25, -0.2) is 4.68 Å². The summed E-state index contributed by atoms with van der Waals surface area (Å²) in [7, 11) is 0. The maximum absolute atomic E-state index is 12.5. The Labute approximate surface area is 171 Å². The number of aromatic nitrogens is 3. The second kappa shape index (κ2) is 8.44. The standard InChI is InChI=1S/C22H19N5O3/c28-20(24-12-15-6-8-16(9-7-15)27-11-3-10-26-27)14-25-22(30)18-13-23-19-5-2-1-4-17(19)21(18)29/h1-11,13H,12,14H2,(H,23,29)(H,24,28)(H,25,30). The molecule has 0 aliphatic carbocycles. The molecule has 3 N–H and O–H groups in total. The molecule has 0 radical (unpaired) electrons. The minimum Gasteiger partial charge on any atom is -0.360 e. The summed E-state index contributed by atoms with van der Waals surface area (Å²) in [6.07, 6.45) is 4.91. The molecule has 0 aliphatic heterocycles. The summed E-state index contributed by atoms with van der Waals surface area (Å²) in [6.45, 7) is 0.0983. The van der Waals surface area contributed by atoms with Crippen LogP contribution < -0.4 is 16.1 Å². The summed E-state index contributed by atoms with van der Waals surface area (Å²) in [5.41, 5.74) is 2.07. The van der Waals surface area contributed by atoms with Crippen molar-refractivity contribution >= 4 is 22.7 Å². The molecule has 8 heteroatoms. The number of nitrogens with zero attached hydrogens (tertiary/aromatic N) is 2. The van der Waals surface area contributed by atoms with E-state index >= 15 is 0 Å². The number of hydrogen-bond acceptors (Lipinski definition) is 4. The van der Waals surface area contributed by atoms with Crippen molar-refractivity contribution in [2.24, 2.45) is 0 Å². The monoisotopic (exact) mass is 401 g/mol. The Hall–Kier alpha value is -4.20. The Morgan fingerprint density at radius 3 is 2.57 bits per heavy atom. The van der Waals surface area contributed by atoms with E-state index in [1.54, 1.807) is 35.1 Å². The van der Waals surface area contributed by atoms with Crippen LogP contribution in [0.15, 0.2) is 78.0 Å². The molecule has 2 amide bonds. The van der Waals surface area contributed by atoms with Gasteiger partial charge in [0.2, 0.25) is 11.3 Å². The molecule has 4 aromatic rings. The average molecular weight is 401 g/mol. The molecular weight excluding hydrogens is 382 g/mol. The topological polar surface area (TPSA) is 109 Å². The Morgan fingerprint density at radius 2 is 1.80 bits per heavy atom. The molecule has 30 heavy (non-hydrogen) atoms. The normalized spacial score (nSPS) is 10.7. The van der Waals surface area contributed by atoms with Crippen molar-refractivity contribution in [2.45, 2.75) is 6.54 Å². The number of carbonyl (C=O) groups is 2. The van der Waals surface area contributed by atoms with Gasteiger partial charge in [0.15, 0.2) is 0 Å². The summed E-state index contributed by atoms with van der Waals surface area (Å²) in [6, 6.07) is 16.4. The second-order valence-corrected chi connectivity index (χ2v) is 6.65. The van der Waals surface area contributed by atoms with E-state index in [1.165, 1.54) is 6.20 Å². The summed E-state index contributed by atoms with van der Waals surface area (Å²) >= 11 is 0. The molecule has 0 fully saturated rings. The maximum atomic E-state index is 12.5. The van der Waals surface area contributed by atoms with Crippen LogP contribution in [0, 0.1) is 0 Å². The zero-order valence-electron chi connectivity index (χ0n) is 16.0. The molecule has 2 aromatic heterocycles. The SMILES string of the molecule is O=C(CNC(=O)c1c[nH]c2ccccc2c1=O)NCc1ccc(-n2cccn2)cc1. The highest BCUT2D eigenvalue weighted by atomic mass is 16.2. The van der Waals surface area contributed by atoms with Gasteiger partial charge in [0.05, 0.1) is 12.2 Å². The van der Waals surface area contributed by atoms with E-state index in [4.69, 9.17) is 0 Å². The number of pyridine rings is 1. The van der Waals surface area contributed by atoms with Crippen molar-refractivity contribution in [3.63, 3.8) is 0 Å². The van der Waals surface area contributed by atoms with Crippen molar-refractivity contribution in [3.8, 4) is 5.69 Å². The number of carbonyl (C=O) groups excluding carboxylic acids is 2. The van der Waals surface area contributed by atoms with E-state index in [1.807, 2.05) is 36.5 Å². The quantitative estimate of drug-likeness (QED) is 0.457. The highest BCUT2D eigenvalue weighted by molar-refractivity contribution is 5.98. The minimum atomic E-state index is -0.597. The molecule has 2 aromatic carbocycles. The lowest BCUT2D eigenvalue weighted by atomic mass is 10.1. The lowest BCUT2D eigenvalue weighted by Gasteiger charge is -2.08. The van der Waals surface area contributed by atoms with E-state index in [-0.39, 0.29) is 23.4 Å². The van der Waals surface area contributed by atoms with Crippen molar-refractivity contribution in [2.75, 3.05) is 6.54 Å². The highest BCUT2D eigenvalue weighted by Gasteiger charge is 2.13. The van der Waals surface area contributed by atoms with Gasteiger partial charge in [0.1, 0.15) is 5.56 Å². The number of aromatic amines is 1. The summed E-state index contributed by atoms with van der Waals surface area (Å²) in [5, 5.41) is 9.81. The Balaban J connectivity index is 1.31. The second-order valence-electron chi connectivity index (χ2n) is 6.65. The lowest BCUT2D eigenvalue weighted by Crippen LogP contribution is -2.38. The van der Waals surface area contributed by atoms with E-state index in [9.17, 15) is 14.4 Å². The number of H-pyrrole nitrogens is 1. The van der Waals surface area contributed by atoms with Gasteiger partial charge < -0.3 is 15.6 Å². The molecule has 2 heterocycles. The number of benzene rings is 2. The first-order chi connectivity index (χ1) is 14.6. The van der Waals surface area contributed by atoms with Crippen molar-refractivity contribution in [3.05, 3.63) is 94.5 Å². The largest absolute Gasteiger partial charge is 0.360 e. The first kappa shape index (κ1) is 19.1. The van der Waals surface area contributed by atoms with E-state index in [2.05, 4.69) is 20.7 Å². The van der Waals surface area contributed by atoms with Gasteiger partial charge in [0, 0.05) is 36.0 Å². The Bertz CT molecular complexity index is 1240. The predicted molar refractivity (Wildman–Crippen MR) is 112 cm³/mol. The van der Waals surface area contributed by atoms with Crippen LogP contribution in [0.2, 0.25) is 0 Å². The van der Waals surface area contributed by atoms with Crippen LogP contribution >= 0.6 is 0 Å². The number of amides is 2. The average Bonchev–Trinajstić information content (AvgIpc) is 3.32. The van der Waals surface area contributed by atoms with Gasteiger partial charge in [-0.1, -0.05) is 24.3 Å². The molecular formula is C22H19N5O3. The fourth-order valence-corrected chi connectivity index (χ4v) is 3.04. The zero-order valence-corrected chi connectivity index (χ0v) is 16.0. The molecule has 0 aliphatic rings. The van der Waals surface area contributed by atoms with Gasteiger partial charge in [-0.15, -0.1) is 0 Å². The van der Waals surface area contributed by atoms with E-state index in [0.717, 1.165) is 11.3 Å². The highest BCUT2D eigenvalue weighted by Crippen LogP contribution is 2.09. The molecule has 0 saturated heterocycles. The fraction of sp³-hybridized carbons (Fsp3) is 0.0909. The third-order valence-electron chi connectivity index (χ3n) is 4.64. The minimum absolute atomic E-state index is 0.0317. The molecule has 0 saturated carbocycles. The maximum Gasteiger partial charge on any atom is 0.257 e. The van der Waals surface area contributed by atoms with Crippen LogP contribution in [0.1, 0.15) is 15.9 Å². The summed E-state index contributed by atoms with van der Waals surface area (Å²) in [5.74, 6) is -0.947. The Kier molecular flexibility index (Phi) is 5.38. The van der Waals surface area contributed by atoms with Crippen LogP contribution in [-0.2, 0) is 11.3 Å². The van der Waals surface area contributed by atoms with Crippen LogP contribution in [0.25, 0.3) is 16.6 Å². The number of nitrogens with one attached hydrogen (secondary N) is 3. The molecule has 0 atom stereocenters. The third-order valence-corrected chi connectivity index (χ3v) is 4.64. The molecule has 0 bridgehead atoms. The van der Waals surface area contributed by atoms with Gasteiger partial charge in [-0.05, 0) is 35.9 Å².